The summed E-state index contributed by atoms with van der Waals surface area (Å²) in [6, 6.07) is 20.7. The van der Waals surface area contributed by atoms with Crippen LogP contribution >= 0.6 is 47.0 Å². The molecule has 0 aliphatic rings. The molecule has 108 valence electrons. The molecule has 2 aromatic carbocycles. The minimum Gasteiger partial charge on any atom is -0.508 e. The molecule has 0 aromatic heterocycles. The van der Waals surface area contributed by atoms with Gasteiger partial charge in [-0.2, -0.15) is 0 Å². The molecule has 2 rings (SSSR count). The monoisotopic (exact) mass is 349 g/mol. The Morgan fingerprint density at radius 1 is 0.850 bits per heavy atom. The molecule has 0 fully saturated rings. The first-order valence-electron chi connectivity index (χ1n) is 5.24. The maximum absolute atomic E-state index is 8.63. The lowest BCUT2D eigenvalue weighted by Crippen LogP contribution is -1.56. The molecule has 0 radical (unpaired) electrons. The second kappa shape index (κ2) is 17.9. The molecule has 2 N–H and O–H groups in total. The van der Waals surface area contributed by atoms with Gasteiger partial charge in [-0.1, -0.05) is 89.4 Å². The molecular weight excluding hydrogens is 337 g/mol. The molecule has 2 aromatic rings. The van der Waals surface area contributed by atoms with Crippen molar-refractivity contribution in [3.05, 3.63) is 66.7 Å². The van der Waals surface area contributed by atoms with Crippen LogP contribution in [0.2, 0.25) is 0 Å². The van der Waals surface area contributed by atoms with Gasteiger partial charge in [0.15, 0.2) is 4.30 Å². The molecule has 0 atom stereocenters. The van der Waals surface area contributed by atoms with E-state index in [9.17, 15) is 0 Å². The fraction of sp³-hybridized carbons (Fsp3) is 0.0714. The number of hydrogen-bond acceptors (Lipinski definition) is 3. The number of alkyl halides is 3. The Labute approximate surface area is 139 Å². The number of thiocarbonyl (C=S) groups is 1. The van der Waals surface area contributed by atoms with E-state index < -0.39 is 4.30 Å². The molecule has 0 bridgehead atoms. The van der Waals surface area contributed by atoms with Crippen LogP contribution in [0, 0.1) is 5.41 Å². The number of phenols is 1. The van der Waals surface area contributed by atoms with Gasteiger partial charge >= 0.3 is 0 Å². The van der Waals surface area contributed by atoms with Crippen molar-refractivity contribution in [2.45, 2.75) is 4.30 Å². The number of aromatic hydroxyl groups is 1. The van der Waals surface area contributed by atoms with Gasteiger partial charge in [0.25, 0.3) is 0 Å². The summed E-state index contributed by atoms with van der Waals surface area (Å²) in [5, 5.41) is 16.0. The van der Waals surface area contributed by atoms with Crippen LogP contribution in [0.1, 0.15) is 0 Å². The summed E-state index contributed by atoms with van der Waals surface area (Å²) in [6.07, 6.45) is 0. The molecule has 0 saturated carbocycles. The molecule has 2 nitrogen and oxygen atoms in total. The van der Waals surface area contributed by atoms with Crippen LogP contribution in [0.4, 0.5) is 0 Å². The zero-order valence-electron chi connectivity index (χ0n) is 10.4. The van der Waals surface area contributed by atoms with Crippen molar-refractivity contribution in [2.75, 3.05) is 0 Å². The molecular formula is C14H14Cl3NOS. The van der Waals surface area contributed by atoms with Crippen molar-refractivity contribution < 1.29 is 5.11 Å². The highest BCUT2D eigenvalue weighted by atomic mass is 35.6. The van der Waals surface area contributed by atoms with E-state index in [-0.39, 0.29) is 0 Å². The van der Waals surface area contributed by atoms with E-state index in [1.807, 2.05) is 42.5 Å². The van der Waals surface area contributed by atoms with Gasteiger partial charge in [0.05, 0.1) is 5.16 Å². The highest BCUT2D eigenvalue weighted by Crippen LogP contribution is 2.03. The highest BCUT2D eigenvalue weighted by Gasteiger charge is 1.79. The zero-order chi connectivity index (χ0) is 15.6. The van der Waals surface area contributed by atoms with Gasteiger partial charge < -0.3 is 5.11 Å². The predicted octanol–water partition coefficient (Wildman–Crippen LogP) is 5.73. The summed E-state index contributed by atoms with van der Waals surface area (Å²) in [6.45, 7) is 0. The Bertz CT molecular complexity index is 405. The van der Waals surface area contributed by atoms with Crippen LogP contribution in [-0.4, -0.2) is 14.6 Å². The van der Waals surface area contributed by atoms with E-state index in [2.05, 4.69) is 12.2 Å². The normalized spacial score (nSPS) is 7.60. The average Bonchev–Trinajstić information content (AvgIpc) is 2.42. The third-order valence-corrected chi connectivity index (χ3v) is 1.42. The summed E-state index contributed by atoms with van der Waals surface area (Å²) in [4.78, 5) is 0. The van der Waals surface area contributed by atoms with Gasteiger partial charge in [0, 0.05) is 0 Å². The van der Waals surface area contributed by atoms with Crippen molar-refractivity contribution in [3.63, 3.8) is 0 Å². The fourth-order valence-corrected chi connectivity index (χ4v) is 0.813. The fourth-order valence-electron chi connectivity index (χ4n) is 0.813. The lowest BCUT2D eigenvalue weighted by molar-refractivity contribution is 0.475. The molecule has 0 spiro atoms. The first-order valence-corrected chi connectivity index (χ1v) is 6.96. The van der Waals surface area contributed by atoms with Gasteiger partial charge in [0.1, 0.15) is 5.75 Å². The maximum atomic E-state index is 8.63. The van der Waals surface area contributed by atoms with Gasteiger partial charge in [-0.15, -0.1) is 0 Å². The zero-order valence-corrected chi connectivity index (χ0v) is 13.5. The number of rotatable bonds is 0. The molecule has 20 heavy (non-hydrogen) atoms. The molecule has 0 heterocycles. The first-order chi connectivity index (χ1) is 9.54. The van der Waals surface area contributed by atoms with Crippen LogP contribution in [-0.2, 0) is 0 Å². The number of nitrogens with one attached hydrogen (secondary N) is 1. The summed E-state index contributed by atoms with van der Waals surface area (Å²) >= 11 is 18.2. The molecule has 6 heteroatoms. The second-order valence-electron chi connectivity index (χ2n) is 2.84. The van der Waals surface area contributed by atoms with Crippen LogP contribution in [0.5, 0.6) is 5.75 Å². The van der Waals surface area contributed by atoms with E-state index >= 15 is 0 Å². The Kier molecular flexibility index (Phi) is 19.0. The number of hydrogen-bond donors (Lipinski definition) is 2. The Morgan fingerprint density at radius 3 is 1.20 bits per heavy atom. The van der Waals surface area contributed by atoms with E-state index in [0.29, 0.717) is 5.75 Å². The Hall–Kier alpha value is -1.09. The number of isothiocyanates is 1. The summed E-state index contributed by atoms with van der Waals surface area (Å²) in [7, 11) is 0. The van der Waals surface area contributed by atoms with Crippen molar-refractivity contribution in [1.82, 2.24) is 0 Å². The first kappa shape index (κ1) is 21.2. The molecule has 0 saturated heterocycles. The van der Waals surface area contributed by atoms with Crippen molar-refractivity contribution >= 4 is 52.2 Å². The maximum Gasteiger partial charge on any atom is 0.180 e. The number of halogens is 3. The lowest BCUT2D eigenvalue weighted by atomic mass is 10.3. The van der Waals surface area contributed by atoms with Gasteiger partial charge in [0.2, 0.25) is 0 Å². The number of benzene rings is 2. The predicted molar refractivity (Wildman–Crippen MR) is 91.2 cm³/mol. The third kappa shape index (κ3) is 25.7. The number of para-hydroxylation sites is 1. The molecule has 0 amide bonds. The summed E-state index contributed by atoms with van der Waals surface area (Å²) in [5.41, 5.74) is 0. The minimum absolute atomic E-state index is 0.322. The summed E-state index contributed by atoms with van der Waals surface area (Å²) < 4.78 is -0.750. The quantitative estimate of drug-likeness (QED) is 0.362. The third-order valence-electron chi connectivity index (χ3n) is 1.42. The van der Waals surface area contributed by atoms with E-state index in [1.165, 1.54) is 0 Å². The molecule has 0 unspecified atom stereocenters. The van der Waals surface area contributed by atoms with Gasteiger partial charge in [-0.25, -0.2) is 5.41 Å². The van der Waals surface area contributed by atoms with E-state index in [0.717, 1.165) is 0 Å². The standard InChI is InChI=1S/C6H6O.C6H6.CHCl3.CHNS/c7-6-4-2-1-3-5-6;1-2-4-6-5-3-1;2-1(3)4;2-1-3/h1-5,7H;1-6H;1H;2H. The van der Waals surface area contributed by atoms with Crippen molar-refractivity contribution in [3.8, 4) is 5.75 Å². The van der Waals surface area contributed by atoms with Crippen LogP contribution < -0.4 is 0 Å². The second-order valence-corrected chi connectivity index (χ2v) is 5.02. The van der Waals surface area contributed by atoms with Crippen molar-refractivity contribution in [1.29, 1.82) is 5.41 Å². The average molecular weight is 351 g/mol. The SMILES string of the molecule is ClC(Cl)Cl.N=C=S.Oc1ccccc1.c1ccccc1. The van der Waals surface area contributed by atoms with E-state index in [1.54, 1.807) is 29.4 Å². The van der Waals surface area contributed by atoms with Gasteiger partial charge in [-0.05, 0) is 24.4 Å². The van der Waals surface area contributed by atoms with Crippen molar-refractivity contribution in [2.24, 2.45) is 0 Å². The van der Waals surface area contributed by atoms with Crippen LogP contribution in [0.25, 0.3) is 0 Å². The Morgan fingerprint density at radius 2 is 1.05 bits per heavy atom. The van der Waals surface area contributed by atoms with E-state index in [4.69, 9.17) is 45.3 Å². The summed E-state index contributed by atoms with van der Waals surface area (Å²) in [5.74, 6) is 0.322. The number of phenolic OH excluding ortho intramolecular Hbond substituents is 1. The molecule has 0 aliphatic heterocycles. The van der Waals surface area contributed by atoms with Crippen LogP contribution in [0.15, 0.2) is 66.7 Å². The smallest absolute Gasteiger partial charge is 0.180 e. The lowest BCUT2D eigenvalue weighted by Gasteiger charge is -1.82. The minimum atomic E-state index is -0.750. The van der Waals surface area contributed by atoms with Gasteiger partial charge in [-0.3, -0.25) is 0 Å². The topological polar surface area (TPSA) is 44.1 Å². The van der Waals surface area contributed by atoms with Crippen LogP contribution in [0.3, 0.4) is 0 Å². The molecule has 0 aliphatic carbocycles. The highest BCUT2D eigenvalue weighted by molar-refractivity contribution is 7.78. The largest absolute Gasteiger partial charge is 0.508 e. The Balaban J connectivity index is 0.